The molecule has 0 aromatic carbocycles. The van der Waals surface area contributed by atoms with E-state index in [0.29, 0.717) is 25.3 Å². The standard InChI is InChI=1S/C18H30N4O2/c1-7-19-16(24)18(6)9-8-10-21(12-18)15(23)14-11-13(2)20-22(14)17(3,4)5/h11H,7-10,12H2,1-6H3,(H,19,24). The van der Waals surface area contributed by atoms with Crippen LogP contribution in [0.5, 0.6) is 0 Å². The highest BCUT2D eigenvalue weighted by Crippen LogP contribution is 2.31. The predicted octanol–water partition coefficient (Wildman–Crippen LogP) is 2.32. The maximum atomic E-state index is 13.1. The third kappa shape index (κ3) is 3.62. The number of hydrogen-bond acceptors (Lipinski definition) is 3. The van der Waals surface area contributed by atoms with E-state index in [9.17, 15) is 9.59 Å². The summed E-state index contributed by atoms with van der Waals surface area (Å²) in [5, 5.41) is 7.39. The lowest BCUT2D eigenvalue weighted by Crippen LogP contribution is -2.52. The molecule has 1 atom stereocenters. The Morgan fingerprint density at radius 1 is 1.38 bits per heavy atom. The number of likely N-dealkylation sites (tertiary alicyclic amines) is 1. The van der Waals surface area contributed by atoms with Crippen molar-refractivity contribution in [3.63, 3.8) is 0 Å². The van der Waals surface area contributed by atoms with Crippen molar-refractivity contribution in [2.45, 2.75) is 59.9 Å². The minimum atomic E-state index is -0.522. The summed E-state index contributed by atoms with van der Waals surface area (Å²) in [4.78, 5) is 27.3. The summed E-state index contributed by atoms with van der Waals surface area (Å²) >= 11 is 0. The zero-order valence-corrected chi connectivity index (χ0v) is 15.8. The lowest BCUT2D eigenvalue weighted by atomic mass is 9.81. The lowest BCUT2D eigenvalue weighted by Gasteiger charge is -2.39. The predicted molar refractivity (Wildman–Crippen MR) is 93.9 cm³/mol. The highest BCUT2D eigenvalue weighted by Gasteiger charge is 2.40. The van der Waals surface area contributed by atoms with E-state index in [1.165, 1.54) is 0 Å². The maximum absolute atomic E-state index is 13.1. The molecule has 0 spiro atoms. The van der Waals surface area contributed by atoms with Gasteiger partial charge in [0.25, 0.3) is 5.91 Å². The molecule has 1 aromatic rings. The van der Waals surface area contributed by atoms with Crippen LogP contribution in [-0.4, -0.2) is 46.1 Å². The van der Waals surface area contributed by atoms with Crippen LogP contribution in [0.3, 0.4) is 0 Å². The van der Waals surface area contributed by atoms with Crippen molar-refractivity contribution < 1.29 is 9.59 Å². The summed E-state index contributed by atoms with van der Waals surface area (Å²) in [6.07, 6.45) is 1.64. The molecule has 1 aliphatic heterocycles. The van der Waals surface area contributed by atoms with E-state index in [1.54, 1.807) is 9.58 Å². The second kappa shape index (κ2) is 6.57. The molecule has 2 rings (SSSR count). The van der Waals surface area contributed by atoms with Crippen molar-refractivity contribution in [1.29, 1.82) is 0 Å². The fourth-order valence-corrected chi connectivity index (χ4v) is 3.30. The first-order chi connectivity index (χ1) is 11.1. The fourth-order valence-electron chi connectivity index (χ4n) is 3.30. The summed E-state index contributed by atoms with van der Waals surface area (Å²) < 4.78 is 1.79. The van der Waals surface area contributed by atoms with Crippen LogP contribution in [0.15, 0.2) is 6.07 Å². The number of piperidine rings is 1. The van der Waals surface area contributed by atoms with Crippen molar-refractivity contribution in [3.05, 3.63) is 17.5 Å². The number of aromatic nitrogens is 2. The number of nitrogens with zero attached hydrogens (tertiary/aromatic N) is 3. The van der Waals surface area contributed by atoms with Crippen molar-refractivity contribution in [1.82, 2.24) is 20.0 Å². The summed E-state index contributed by atoms with van der Waals surface area (Å²) in [5.74, 6) is -0.0104. The summed E-state index contributed by atoms with van der Waals surface area (Å²) in [5.41, 5.74) is 0.639. The van der Waals surface area contributed by atoms with E-state index in [4.69, 9.17) is 0 Å². The molecule has 0 bridgehead atoms. The third-order valence-corrected chi connectivity index (χ3v) is 4.56. The molecule has 134 valence electrons. The van der Waals surface area contributed by atoms with Gasteiger partial charge in [-0.25, -0.2) is 0 Å². The Morgan fingerprint density at radius 2 is 2.04 bits per heavy atom. The van der Waals surface area contributed by atoms with Gasteiger partial charge >= 0.3 is 0 Å². The van der Waals surface area contributed by atoms with Crippen molar-refractivity contribution in [3.8, 4) is 0 Å². The number of amides is 2. The van der Waals surface area contributed by atoms with Gasteiger partial charge in [0.15, 0.2) is 0 Å². The molecule has 2 amide bonds. The molecule has 1 unspecified atom stereocenters. The van der Waals surface area contributed by atoms with Gasteiger partial charge in [-0.3, -0.25) is 14.3 Å². The van der Waals surface area contributed by atoms with Crippen LogP contribution >= 0.6 is 0 Å². The largest absolute Gasteiger partial charge is 0.356 e. The number of nitrogens with one attached hydrogen (secondary N) is 1. The number of rotatable bonds is 3. The smallest absolute Gasteiger partial charge is 0.272 e. The zero-order chi connectivity index (χ0) is 18.1. The topological polar surface area (TPSA) is 67.2 Å². The molecular formula is C18H30N4O2. The molecule has 1 aliphatic rings. The zero-order valence-electron chi connectivity index (χ0n) is 15.8. The van der Waals surface area contributed by atoms with Crippen molar-refractivity contribution >= 4 is 11.8 Å². The Balaban J connectivity index is 2.26. The average molecular weight is 334 g/mol. The second-order valence-electron chi connectivity index (χ2n) is 8.00. The van der Waals surface area contributed by atoms with Crippen LogP contribution in [-0.2, 0) is 10.3 Å². The molecular weight excluding hydrogens is 304 g/mol. The molecule has 24 heavy (non-hydrogen) atoms. The first-order valence-electron chi connectivity index (χ1n) is 8.73. The summed E-state index contributed by atoms with van der Waals surface area (Å²) in [6, 6.07) is 1.84. The van der Waals surface area contributed by atoms with Crippen LogP contribution in [0.25, 0.3) is 0 Å². The van der Waals surface area contributed by atoms with Crippen LogP contribution in [0, 0.1) is 12.3 Å². The van der Waals surface area contributed by atoms with Gasteiger partial charge in [0.2, 0.25) is 5.91 Å². The van der Waals surface area contributed by atoms with Gasteiger partial charge < -0.3 is 10.2 Å². The SMILES string of the molecule is CCNC(=O)C1(C)CCCN(C(=O)c2cc(C)nn2C(C)(C)C)C1. The van der Waals surface area contributed by atoms with Crippen LogP contribution < -0.4 is 5.32 Å². The Labute approximate surface area is 144 Å². The molecule has 1 fully saturated rings. The molecule has 1 aromatic heterocycles. The van der Waals surface area contributed by atoms with Gasteiger partial charge in [0.05, 0.1) is 16.6 Å². The van der Waals surface area contributed by atoms with E-state index in [0.717, 1.165) is 18.5 Å². The minimum Gasteiger partial charge on any atom is -0.356 e. The lowest BCUT2D eigenvalue weighted by molar-refractivity contribution is -0.132. The molecule has 6 nitrogen and oxygen atoms in total. The Bertz CT molecular complexity index is 629. The first-order valence-corrected chi connectivity index (χ1v) is 8.73. The number of carbonyl (C=O) groups excluding carboxylic acids is 2. The van der Waals surface area contributed by atoms with Gasteiger partial charge in [0.1, 0.15) is 5.69 Å². The van der Waals surface area contributed by atoms with E-state index in [-0.39, 0.29) is 17.4 Å². The Kier molecular flexibility index (Phi) is 5.06. The van der Waals surface area contributed by atoms with Gasteiger partial charge in [-0.2, -0.15) is 5.10 Å². The molecule has 0 saturated carbocycles. The Morgan fingerprint density at radius 3 is 2.62 bits per heavy atom. The van der Waals surface area contributed by atoms with E-state index in [2.05, 4.69) is 10.4 Å². The summed E-state index contributed by atoms with van der Waals surface area (Å²) in [7, 11) is 0. The summed E-state index contributed by atoms with van der Waals surface area (Å²) in [6.45, 7) is 13.6. The van der Waals surface area contributed by atoms with Crippen LogP contribution in [0.4, 0.5) is 0 Å². The Hall–Kier alpha value is -1.85. The molecule has 1 saturated heterocycles. The van der Waals surface area contributed by atoms with E-state index in [1.807, 2.05) is 47.6 Å². The van der Waals surface area contributed by atoms with Crippen LogP contribution in [0.2, 0.25) is 0 Å². The number of aryl methyl sites for hydroxylation is 1. The molecule has 6 heteroatoms. The molecule has 1 N–H and O–H groups in total. The number of carbonyl (C=O) groups is 2. The maximum Gasteiger partial charge on any atom is 0.272 e. The molecule has 0 aliphatic carbocycles. The van der Waals surface area contributed by atoms with Crippen LogP contribution in [0.1, 0.15) is 63.6 Å². The highest BCUT2D eigenvalue weighted by atomic mass is 16.2. The van der Waals surface area contributed by atoms with Gasteiger partial charge in [-0.05, 0) is 60.5 Å². The second-order valence-corrected chi connectivity index (χ2v) is 8.00. The van der Waals surface area contributed by atoms with Crippen molar-refractivity contribution in [2.24, 2.45) is 5.41 Å². The molecule has 0 radical (unpaired) electrons. The average Bonchev–Trinajstić information content (AvgIpc) is 2.89. The monoisotopic (exact) mass is 334 g/mol. The van der Waals surface area contributed by atoms with E-state index < -0.39 is 5.41 Å². The van der Waals surface area contributed by atoms with Gasteiger partial charge in [-0.1, -0.05) is 0 Å². The fraction of sp³-hybridized carbons (Fsp3) is 0.722. The van der Waals surface area contributed by atoms with E-state index >= 15 is 0 Å². The number of hydrogen-bond donors (Lipinski definition) is 1. The van der Waals surface area contributed by atoms with Gasteiger partial charge in [0, 0.05) is 19.6 Å². The minimum absolute atomic E-state index is 0.0306. The normalized spacial score (nSPS) is 21.7. The van der Waals surface area contributed by atoms with Crippen molar-refractivity contribution in [2.75, 3.05) is 19.6 Å². The highest BCUT2D eigenvalue weighted by molar-refractivity contribution is 5.93. The third-order valence-electron chi connectivity index (χ3n) is 4.56. The molecule has 2 heterocycles. The van der Waals surface area contributed by atoms with Gasteiger partial charge in [-0.15, -0.1) is 0 Å². The first kappa shape index (κ1) is 18.5. The quantitative estimate of drug-likeness (QED) is 0.922.